The SMILES string of the molecule is COc1ccc(Cn2nc(-c3ccc(N4CCN(C(C)=N)CC4)cc3)c3c2-c2cccc(NC(=O)NN4CCOCC4)c2C3=O)cc1. The van der Waals surface area contributed by atoms with Crippen LogP contribution in [0, 0.1) is 5.41 Å². The number of urea groups is 1. The average Bonchev–Trinajstić information content (AvgIpc) is 3.62. The summed E-state index contributed by atoms with van der Waals surface area (Å²) < 4.78 is 12.6. The van der Waals surface area contributed by atoms with Gasteiger partial charge in [-0.25, -0.2) is 9.80 Å². The number of carbonyl (C=O) groups excluding carboxylic acids is 2. The first-order valence-electron chi connectivity index (χ1n) is 15.9. The molecule has 0 radical (unpaired) electrons. The Hall–Kier alpha value is -5.20. The lowest BCUT2D eigenvalue weighted by Gasteiger charge is -2.36. The number of aromatic nitrogens is 2. The van der Waals surface area contributed by atoms with Gasteiger partial charge in [0.25, 0.3) is 0 Å². The number of rotatable bonds is 7. The number of morpholine rings is 1. The Kier molecular flexibility index (Phi) is 8.35. The van der Waals surface area contributed by atoms with Crippen LogP contribution in [0.15, 0.2) is 66.7 Å². The van der Waals surface area contributed by atoms with E-state index in [2.05, 4.69) is 32.7 Å². The molecule has 0 bridgehead atoms. The summed E-state index contributed by atoms with van der Waals surface area (Å²) in [6, 6.07) is 21.1. The fourth-order valence-electron chi connectivity index (χ4n) is 6.49. The molecular formula is C35H38N8O4. The number of anilines is 2. The Morgan fingerprint density at radius 3 is 2.34 bits per heavy atom. The molecule has 242 valence electrons. The number of hydrazine groups is 1. The van der Waals surface area contributed by atoms with E-state index in [0.29, 0.717) is 61.2 Å². The van der Waals surface area contributed by atoms with Crippen LogP contribution in [0.2, 0.25) is 0 Å². The summed E-state index contributed by atoms with van der Waals surface area (Å²) in [6.45, 7) is 7.85. The van der Waals surface area contributed by atoms with E-state index in [1.165, 1.54) is 0 Å². The second-order valence-electron chi connectivity index (χ2n) is 11.9. The van der Waals surface area contributed by atoms with Gasteiger partial charge in [0.2, 0.25) is 0 Å². The third-order valence-electron chi connectivity index (χ3n) is 9.00. The van der Waals surface area contributed by atoms with E-state index in [9.17, 15) is 9.59 Å². The molecule has 2 fully saturated rings. The molecule has 3 heterocycles. The highest BCUT2D eigenvalue weighted by molar-refractivity contribution is 6.27. The van der Waals surface area contributed by atoms with E-state index < -0.39 is 6.03 Å². The molecule has 2 saturated heterocycles. The predicted octanol–water partition coefficient (Wildman–Crippen LogP) is 4.31. The summed E-state index contributed by atoms with van der Waals surface area (Å²) in [5, 5.41) is 17.7. The number of nitrogens with zero attached hydrogens (tertiary/aromatic N) is 5. The second-order valence-corrected chi connectivity index (χ2v) is 11.9. The number of fused-ring (bicyclic) bond motifs is 3. The van der Waals surface area contributed by atoms with Crippen molar-refractivity contribution in [3.63, 3.8) is 0 Å². The number of amidine groups is 1. The number of hydrogen-bond donors (Lipinski definition) is 3. The molecule has 0 unspecified atom stereocenters. The van der Waals surface area contributed by atoms with Crippen LogP contribution in [0.5, 0.6) is 5.75 Å². The molecule has 1 aliphatic carbocycles. The van der Waals surface area contributed by atoms with Gasteiger partial charge in [-0.3, -0.25) is 20.3 Å². The van der Waals surface area contributed by atoms with Gasteiger partial charge in [0.1, 0.15) is 11.4 Å². The molecule has 0 spiro atoms. The van der Waals surface area contributed by atoms with Crippen molar-refractivity contribution in [2.24, 2.45) is 0 Å². The predicted molar refractivity (Wildman–Crippen MR) is 180 cm³/mol. The normalized spacial score (nSPS) is 16.1. The fourth-order valence-corrected chi connectivity index (χ4v) is 6.49. The van der Waals surface area contributed by atoms with Crippen LogP contribution in [0.4, 0.5) is 16.2 Å². The van der Waals surface area contributed by atoms with Crippen molar-refractivity contribution < 1.29 is 19.1 Å². The summed E-state index contributed by atoms with van der Waals surface area (Å²) in [7, 11) is 1.64. The van der Waals surface area contributed by atoms with Crippen molar-refractivity contribution >= 4 is 29.0 Å². The Morgan fingerprint density at radius 1 is 0.936 bits per heavy atom. The Bertz CT molecular complexity index is 1800. The molecule has 0 saturated carbocycles. The van der Waals surface area contributed by atoms with Crippen LogP contribution in [-0.2, 0) is 11.3 Å². The summed E-state index contributed by atoms with van der Waals surface area (Å²) in [5.74, 6) is 1.19. The van der Waals surface area contributed by atoms with E-state index in [1.807, 2.05) is 65.1 Å². The Labute approximate surface area is 273 Å². The highest BCUT2D eigenvalue weighted by atomic mass is 16.5. The molecule has 3 N–H and O–H groups in total. The van der Waals surface area contributed by atoms with Gasteiger partial charge in [-0.15, -0.1) is 0 Å². The van der Waals surface area contributed by atoms with Gasteiger partial charge in [-0.2, -0.15) is 5.10 Å². The number of nitrogens with one attached hydrogen (secondary N) is 3. The lowest BCUT2D eigenvalue weighted by Crippen LogP contribution is -2.49. The Morgan fingerprint density at radius 2 is 1.66 bits per heavy atom. The zero-order chi connectivity index (χ0) is 32.5. The first kappa shape index (κ1) is 30.5. The third-order valence-corrected chi connectivity index (χ3v) is 9.00. The molecule has 47 heavy (non-hydrogen) atoms. The lowest BCUT2D eigenvalue weighted by atomic mass is 10.0. The number of carbonyl (C=O) groups is 2. The quantitative estimate of drug-likeness (QED) is 0.179. The highest BCUT2D eigenvalue weighted by Crippen LogP contribution is 2.45. The number of piperazine rings is 1. The average molecular weight is 635 g/mol. The molecule has 2 aliphatic heterocycles. The Balaban J connectivity index is 1.22. The van der Waals surface area contributed by atoms with E-state index in [4.69, 9.17) is 20.0 Å². The van der Waals surface area contributed by atoms with E-state index in [1.54, 1.807) is 13.2 Å². The maximum Gasteiger partial charge on any atom is 0.333 e. The summed E-state index contributed by atoms with van der Waals surface area (Å²) in [6.07, 6.45) is 0. The van der Waals surface area contributed by atoms with Gasteiger partial charge in [-0.05, 0) is 42.8 Å². The standard InChI is InChI=1S/C35H38N8O4/c1-23(36)40-14-16-41(17-15-40)26-10-8-25(9-11-26)32-31-33(43(38-32)22-24-6-12-27(46-2)13-7-24)28-4-3-5-29(30(28)34(31)44)37-35(45)39-42-18-20-47-21-19-42/h3-13,36H,14-22H2,1-2H3,(H2,37,39,45). The number of hydrogen-bond acceptors (Lipinski definition) is 8. The smallest absolute Gasteiger partial charge is 0.333 e. The van der Waals surface area contributed by atoms with Crippen LogP contribution in [0.25, 0.3) is 22.5 Å². The zero-order valence-electron chi connectivity index (χ0n) is 26.6. The van der Waals surface area contributed by atoms with Crippen molar-refractivity contribution in [1.29, 1.82) is 5.41 Å². The number of methoxy groups -OCH3 is 1. The van der Waals surface area contributed by atoms with Crippen molar-refractivity contribution in [2.75, 3.05) is 69.8 Å². The van der Waals surface area contributed by atoms with Crippen LogP contribution < -0.4 is 20.4 Å². The third kappa shape index (κ3) is 6.05. The molecule has 12 nitrogen and oxygen atoms in total. The number of ketones is 1. The molecule has 0 atom stereocenters. The monoisotopic (exact) mass is 634 g/mol. The largest absolute Gasteiger partial charge is 0.497 e. The molecular weight excluding hydrogens is 596 g/mol. The topological polar surface area (TPSA) is 128 Å². The molecule has 1 aromatic heterocycles. The highest BCUT2D eigenvalue weighted by Gasteiger charge is 2.37. The van der Waals surface area contributed by atoms with Crippen LogP contribution in [-0.4, -0.2) is 96.9 Å². The van der Waals surface area contributed by atoms with Gasteiger partial charge in [0.05, 0.1) is 55.2 Å². The minimum Gasteiger partial charge on any atom is -0.497 e. The maximum absolute atomic E-state index is 14.3. The fraction of sp³-hybridized carbons (Fsp3) is 0.314. The molecule has 2 amide bonds. The second kappa shape index (κ2) is 12.9. The summed E-state index contributed by atoms with van der Waals surface area (Å²) >= 11 is 0. The zero-order valence-corrected chi connectivity index (χ0v) is 26.6. The van der Waals surface area contributed by atoms with E-state index in [-0.39, 0.29) is 5.78 Å². The number of ether oxygens (including phenoxy) is 2. The summed E-state index contributed by atoms with van der Waals surface area (Å²) in [5.41, 5.74) is 9.32. The summed E-state index contributed by atoms with van der Waals surface area (Å²) in [4.78, 5) is 31.7. The molecule has 3 aromatic carbocycles. The van der Waals surface area contributed by atoms with E-state index in [0.717, 1.165) is 60.0 Å². The van der Waals surface area contributed by atoms with Crippen LogP contribution >= 0.6 is 0 Å². The van der Waals surface area contributed by atoms with Crippen molar-refractivity contribution in [3.8, 4) is 28.3 Å². The number of benzene rings is 3. The van der Waals surface area contributed by atoms with Crippen molar-refractivity contribution in [2.45, 2.75) is 13.5 Å². The van der Waals surface area contributed by atoms with Crippen LogP contribution in [0.1, 0.15) is 28.4 Å². The molecule has 7 rings (SSSR count). The first-order chi connectivity index (χ1) is 22.9. The minimum atomic E-state index is -0.406. The van der Waals surface area contributed by atoms with Gasteiger partial charge in [0.15, 0.2) is 5.78 Å². The van der Waals surface area contributed by atoms with Gasteiger partial charge in [-0.1, -0.05) is 36.4 Å². The minimum absolute atomic E-state index is 0.171. The lowest BCUT2D eigenvalue weighted by molar-refractivity contribution is 0.0207. The molecule has 12 heteroatoms. The molecule has 4 aromatic rings. The van der Waals surface area contributed by atoms with Crippen molar-refractivity contribution in [1.82, 2.24) is 25.1 Å². The van der Waals surface area contributed by atoms with E-state index >= 15 is 0 Å². The van der Waals surface area contributed by atoms with Crippen molar-refractivity contribution in [3.05, 3.63) is 83.4 Å². The van der Waals surface area contributed by atoms with Gasteiger partial charge in [0, 0.05) is 56.1 Å². The van der Waals surface area contributed by atoms with Gasteiger partial charge < -0.3 is 24.6 Å². The van der Waals surface area contributed by atoms with Crippen LogP contribution in [0.3, 0.4) is 0 Å². The maximum atomic E-state index is 14.3. The van der Waals surface area contributed by atoms with Gasteiger partial charge >= 0.3 is 6.03 Å². The first-order valence-corrected chi connectivity index (χ1v) is 15.9. The molecule has 3 aliphatic rings. The number of amides is 2.